The predicted octanol–water partition coefficient (Wildman–Crippen LogP) is 2.12. The minimum absolute atomic E-state index is 0.462. The maximum atomic E-state index is 8.57. The van der Waals surface area contributed by atoms with Crippen molar-refractivity contribution in [2.24, 2.45) is 0 Å². The van der Waals surface area contributed by atoms with E-state index >= 15 is 0 Å². The lowest BCUT2D eigenvalue weighted by molar-refractivity contribution is 1.10. The van der Waals surface area contributed by atoms with Gasteiger partial charge in [0.05, 0.1) is 11.3 Å². The molecule has 1 rings (SSSR count). The second-order valence-corrected chi connectivity index (χ2v) is 2.23. The molecular formula is C10H15N3. The van der Waals surface area contributed by atoms with Gasteiger partial charge in [-0.25, -0.2) is 0 Å². The smallest absolute Gasteiger partial charge is 0.103 e. The Balaban J connectivity index is 0.000000671. The number of anilines is 1. The van der Waals surface area contributed by atoms with Crippen LogP contribution < -0.4 is 5.73 Å². The summed E-state index contributed by atoms with van der Waals surface area (Å²) < 4.78 is 0. The van der Waals surface area contributed by atoms with E-state index in [9.17, 15) is 0 Å². The minimum atomic E-state index is 0.462. The van der Waals surface area contributed by atoms with Gasteiger partial charge in [0.15, 0.2) is 0 Å². The lowest BCUT2D eigenvalue weighted by Crippen LogP contribution is -1.97. The number of rotatable bonds is 1. The van der Waals surface area contributed by atoms with E-state index in [4.69, 9.17) is 11.0 Å². The van der Waals surface area contributed by atoms with Crippen LogP contribution in [0.25, 0.3) is 0 Å². The Bertz CT molecular complexity index is 300. The van der Waals surface area contributed by atoms with Crippen molar-refractivity contribution in [3.63, 3.8) is 0 Å². The van der Waals surface area contributed by atoms with Crippen LogP contribution in [0, 0.1) is 11.3 Å². The second kappa shape index (κ2) is 6.01. The van der Waals surface area contributed by atoms with E-state index in [1.54, 1.807) is 6.20 Å². The van der Waals surface area contributed by atoms with Crippen molar-refractivity contribution in [3.05, 3.63) is 23.5 Å². The first kappa shape index (κ1) is 11.4. The van der Waals surface area contributed by atoms with Crippen LogP contribution in [0.15, 0.2) is 12.4 Å². The molecule has 3 nitrogen and oxygen atoms in total. The first-order valence-corrected chi connectivity index (χ1v) is 4.42. The fraction of sp³-hybridized carbons (Fsp3) is 0.400. The molecule has 0 spiro atoms. The summed E-state index contributed by atoms with van der Waals surface area (Å²) in [6, 6.07) is 1.98. The zero-order valence-corrected chi connectivity index (χ0v) is 8.33. The molecule has 1 heterocycles. The van der Waals surface area contributed by atoms with Gasteiger partial charge in [-0.05, 0) is 12.0 Å². The molecule has 1 aromatic heterocycles. The van der Waals surface area contributed by atoms with Gasteiger partial charge in [-0.15, -0.1) is 0 Å². The average Bonchev–Trinajstić information content (AvgIpc) is 2.21. The molecule has 0 unspecified atom stereocenters. The van der Waals surface area contributed by atoms with E-state index in [1.807, 2.05) is 26.8 Å². The van der Waals surface area contributed by atoms with Crippen LogP contribution in [0.5, 0.6) is 0 Å². The quantitative estimate of drug-likeness (QED) is 0.714. The van der Waals surface area contributed by atoms with Crippen LogP contribution in [0.3, 0.4) is 0 Å². The Labute approximate surface area is 79.2 Å². The van der Waals surface area contributed by atoms with Crippen LogP contribution in [-0.4, -0.2) is 4.98 Å². The number of nitrogen functional groups attached to an aromatic ring is 1. The lowest BCUT2D eigenvalue weighted by atomic mass is 10.1. The number of nitrogens with two attached hydrogens (primary N) is 1. The number of hydrogen-bond acceptors (Lipinski definition) is 3. The van der Waals surface area contributed by atoms with E-state index in [0.717, 1.165) is 12.0 Å². The van der Waals surface area contributed by atoms with Crippen molar-refractivity contribution in [2.45, 2.75) is 27.2 Å². The number of nitrogens with zero attached hydrogens (tertiary/aromatic N) is 2. The Hall–Kier alpha value is -1.56. The number of aromatic nitrogens is 1. The highest BCUT2D eigenvalue weighted by atomic mass is 14.7. The van der Waals surface area contributed by atoms with Gasteiger partial charge in [-0.3, -0.25) is 4.98 Å². The summed E-state index contributed by atoms with van der Waals surface area (Å²) in [5, 5.41) is 8.57. The molecule has 1 aromatic rings. The van der Waals surface area contributed by atoms with Crippen LogP contribution in [0.2, 0.25) is 0 Å². The first-order chi connectivity index (χ1) is 6.29. The van der Waals surface area contributed by atoms with Crippen molar-refractivity contribution >= 4 is 5.69 Å². The largest absolute Gasteiger partial charge is 0.397 e. The molecule has 0 radical (unpaired) electrons. The van der Waals surface area contributed by atoms with Gasteiger partial charge >= 0.3 is 0 Å². The van der Waals surface area contributed by atoms with Gasteiger partial charge in [-0.2, -0.15) is 5.26 Å². The normalized spacial score (nSPS) is 8.15. The molecule has 0 aromatic carbocycles. The van der Waals surface area contributed by atoms with Crippen molar-refractivity contribution in [1.82, 2.24) is 4.98 Å². The molecule has 0 aliphatic carbocycles. The Morgan fingerprint density at radius 2 is 2.08 bits per heavy atom. The number of pyridine rings is 1. The highest BCUT2D eigenvalue weighted by molar-refractivity contribution is 5.57. The highest BCUT2D eigenvalue weighted by Gasteiger charge is 2.01. The van der Waals surface area contributed by atoms with Crippen LogP contribution in [-0.2, 0) is 6.42 Å². The summed E-state index contributed by atoms with van der Waals surface area (Å²) in [5.74, 6) is 0. The van der Waals surface area contributed by atoms with Gasteiger partial charge < -0.3 is 5.73 Å². The fourth-order valence-electron chi connectivity index (χ4n) is 0.885. The fourth-order valence-corrected chi connectivity index (χ4v) is 0.885. The van der Waals surface area contributed by atoms with Gasteiger partial charge in [0.2, 0.25) is 0 Å². The molecule has 2 N–H and O–H groups in total. The third-order valence-electron chi connectivity index (χ3n) is 1.57. The van der Waals surface area contributed by atoms with Crippen molar-refractivity contribution < 1.29 is 0 Å². The molecule has 13 heavy (non-hydrogen) atoms. The molecule has 0 amide bonds. The lowest BCUT2D eigenvalue weighted by Gasteiger charge is -2.01. The third-order valence-corrected chi connectivity index (χ3v) is 1.57. The number of aryl methyl sites for hydroxylation is 1. The van der Waals surface area contributed by atoms with E-state index in [0.29, 0.717) is 11.3 Å². The second-order valence-electron chi connectivity index (χ2n) is 2.23. The minimum Gasteiger partial charge on any atom is -0.397 e. The molecule has 0 aliphatic rings. The van der Waals surface area contributed by atoms with E-state index in [1.165, 1.54) is 6.20 Å². The zero-order valence-electron chi connectivity index (χ0n) is 8.33. The predicted molar refractivity (Wildman–Crippen MR) is 54.1 cm³/mol. The van der Waals surface area contributed by atoms with Crippen LogP contribution >= 0.6 is 0 Å². The van der Waals surface area contributed by atoms with Crippen LogP contribution in [0.4, 0.5) is 5.69 Å². The molecule has 0 saturated carbocycles. The summed E-state index contributed by atoms with van der Waals surface area (Å²) >= 11 is 0. The third kappa shape index (κ3) is 2.75. The Morgan fingerprint density at radius 3 is 2.54 bits per heavy atom. The molecular weight excluding hydrogens is 162 g/mol. The average molecular weight is 177 g/mol. The Morgan fingerprint density at radius 1 is 1.46 bits per heavy atom. The summed E-state index contributed by atoms with van der Waals surface area (Å²) in [6.45, 7) is 5.98. The van der Waals surface area contributed by atoms with Crippen molar-refractivity contribution in [1.29, 1.82) is 5.26 Å². The van der Waals surface area contributed by atoms with Crippen molar-refractivity contribution in [2.75, 3.05) is 5.73 Å². The van der Waals surface area contributed by atoms with Gasteiger partial charge in [-0.1, -0.05) is 20.8 Å². The van der Waals surface area contributed by atoms with Crippen LogP contribution in [0.1, 0.15) is 31.9 Å². The molecule has 0 bridgehead atoms. The topological polar surface area (TPSA) is 62.7 Å². The zero-order chi connectivity index (χ0) is 10.3. The molecule has 3 heteroatoms. The Kier molecular flexibility index (Phi) is 5.29. The van der Waals surface area contributed by atoms with Gasteiger partial charge in [0.25, 0.3) is 0 Å². The summed E-state index contributed by atoms with van der Waals surface area (Å²) in [7, 11) is 0. The molecule has 70 valence electrons. The monoisotopic (exact) mass is 177 g/mol. The molecule has 0 aliphatic heterocycles. The SMILES string of the molecule is CC.CCc1cncc(C#N)c1N. The van der Waals surface area contributed by atoms with Gasteiger partial charge in [0, 0.05) is 12.4 Å². The number of hydrogen-bond donors (Lipinski definition) is 1. The first-order valence-electron chi connectivity index (χ1n) is 4.42. The van der Waals surface area contributed by atoms with Gasteiger partial charge in [0.1, 0.15) is 6.07 Å². The van der Waals surface area contributed by atoms with Crippen molar-refractivity contribution in [3.8, 4) is 6.07 Å². The highest BCUT2D eigenvalue weighted by Crippen LogP contribution is 2.14. The van der Waals surface area contributed by atoms with E-state index in [-0.39, 0.29) is 0 Å². The summed E-state index contributed by atoms with van der Waals surface area (Å²) in [5.41, 5.74) is 7.60. The maximum Gasteiger partial charge on any atom is 0.103 e. The molecule has 0 atom stereocenters. The summed E-state index contributed by atoms with van der Waals surface area (Å²) in [4.78, 5) is 3.88. The molecule has 0 fully saturated rings. The maximum absolute atomic E-state index is 8.57. The van der Waals surface area contributed by atoms with E-state index in [2.05, 4.69) is 4.98 Å². The molecule has 0 saturated heterocycles. The standard InChI is InChI=1S/C8H9N3.C2H6/c1-2-6-4-11-5-7(3-9)8(6)10;1-2/h4-5H,2H2,1H3,(H2,10,11);1-2H3. The number of nitriles is 1. The summed E-state index contributed by atoms with van der Waals surface area (Å²) in [6.07, 6.45) is 3.99. The van der Waals surface area contributed by atoms with E-state index < -0.39 is 0 Å².